The maximum absolute atomic E-state index is 12.7. The maximum Gasteiger partial charge on any atom is 0.264 e. The summed E-state index contributed by atoms with van der Waals surface area (Å²) in [5, 5.41) is 12.3. The predicted molar refractivity (Wildman–Crippen MR) is 134 cm³/mol. The molecule has 0 radical (unpaired) electrons. The molecule has 0 spiro atoms. The number of thioether (sulfide) groups is 1. The average molecular weight is 509 g/mol. The topological polar surface area (TPSA) is 138 Å². The zero-order valence-electron chi connectivity index (χ0n) is 19.5. The van der Waals surface area contributed by atoms with Gasteiger partial charge in [-0.15, -0.1) is 0 Å². The summed E-state index contributed by atoms with van der Waals surface area (Å²) in [4.78, 5) is 25.6. The van der Waals surface area contributed by atoms with E-state index in [-0.39, 0.29) is 16.8 Å². The predicted octanol–water partition coefficient (Wildman–Crippen LogP) is 3.77. The van der Waals surface area contributed by atoms with Gasteiger partial charge in [-0.05, 0) is 82.0 Å². The molecule has 0 saturated heterocycles. The van der Waals surface area contributed by atoms with Crippen LogP contribution in [0.1, 0.15) is 41.6 Å². The first-order valence-corrected chi connectivity index (χ1v) is 13.4. The van der Waals surface area contributed by atoms with Crippen molar-refractivity contribution in [2.45, 2.75) is 55.2 Å². The molecule has 1 atom stereocenters. The first-order valence-electron chi connectivity index (χ1n) is 11.0. The normalized spacial score (nSPS) is 13.5. The van der Waals surface area contributed by atoms with E-state index in [9.17, 15) is 18.5 Å². The second kappa shape index (κ2) is 10.0. The first kappa shape index (κ1) is 24.6. The second-order valence-electron chi connectivity index (χ2n) is 8.27. The van der Waals surface area contributed by atoms with Gasteiger partial charge in [0.15, 0.2) is 0 Å². The highest BCUT2D eigenvalue weighted by Gasteiger charge is 2.22. The first-order chi connectivity index (χ1) is 16.6. The van der Waals surface area contributed by atoms with E-state index >= 15 is 0 Å². The summed E-state index contributed by atoms with van der Waals surface area (Å²) >= 11 is 1.23. The van der Waals surface area contributed by atoms with Gasteiger partial charge < -0.3 is 5.32 Å². The quantitative estimate of drug-likeness (QED) is 0.460. The van der Waals surface area contributed by atoms with Crippen LogP contribution in [0.4, 0.5) is 11.6 Å². The number of fused-ring (bicyclic) bond motifs is 1. The second-order valence-corrected chi connectivity index (χ2v) is 11.3. The Hall–Kier alpha value is -3.49. The van der Waals surface area contributed by atoms with Crippen LogP contribution < -0.4 is 10.0 Å². The number of hydrogen-bond acceptors (Lipinski definition) is 8. The van der Waals surface area contributed by atoms with E-state index in [1.807, 2.05) is 6.07 Å². The van der Waals surface area contributed by atoms with E-state index < -0.39 is 15.3 Å². The third-order valence-corrected chi connectivity index (χ3v) is 7.88. The Morgan fingerprint density at radius 2 is 1.77 bits per heavy atom. The molecule has 11 heteroatoms. The van der Waals surface area contributed by atoms with Crippen molar-refractivity contribution < 1.29 is 13.2 Å². The van der Waals surface area contributed by atoms with E-state index in [1.165, 1.54) is 36.0 Å². The molecule has 3 aromatic rings. The van der Waals surface area contributed by atoms with Crippen molar-refractivity contribution in [3.8, 4) is 6.07 Å². The Kier molecular flexibility index (Phi) is 7.05. The van der Waals surface area contributed by atoms with Gasteiger partial charge in [0, 0.05) is 22.8 Å². The molecule has 4 rings (SSSR count). The summed E-state index contributed by atoms with van der Waals surface area (Å²) < 4.78 is 27.8. The summed E-state index contributed by atoms with van der Waals surface area (Å²) in [6.07, 6.45) is 2.84. The monoisotopic (exact) mass is 508 g/mol. The van der Waals surface area contributed by atoms with Gasteiger partial charge in [0.25, 0.3) is 10.0 Å². The molecule has 2 aromatic heterocycles. The third kappa shape index (κ3) is 5.78. The zero-order chi connectivity index (χ0) is 25.2. The number of rotatable bonds is 7. The molecule has 35 heavy (non-hydrogen) atoms. The van der Waals surface area contributed by atoms with Crippen LogP contribution in [0, 0.1) is 25.2 Å². The Morgan fingerprint density at radius 3 is 2.43 bits per heavy atom. The number of aromatic nitrogens is 3. The van der Waals surface area contributed by atoms with Crippen molar-refractivity contribution >= 4 is 39.3 Å². The van der Waals surface area contributed by atoms with Crippen molar-refractivity contribution in [3.05, 3.63) is 64.6 Å². The highest BCUT2D eigenvalue weighted by atomic mass is 32.2. The highest BCUT2D eigenvalue weighted by Crippen LogP contribution is 2.30. The van der Waals surface area contributed by atoms with Gasteiger partial charge in [0.2, 0.25) is 11.9 Å². The number of nitriles is 1. The maximum atomic E-state index is 12.7. The number of hydrogen-bond donors (Lipinski definition) is 2. The number of anilines is 2. The summed E-state index contributed by atoms with van der Waals surface area (Å²) in [5.74, 6) is -0.277. The Bertz CT molecular complexity index is 1410. The largest absolute Gasteiger partial charge is 0.325 e. The van der Waals surface area contributed by atoms with Crippen LogP contribution in [-0.4, -0.2) is 34.5 Å². The van der Waals surface area contributed by atoms with Crippen molar-refractivity contribution in [3.63, 3.8) is 0 Å². The number of sulfonamides is 1. The van der Waals surface area contributed by atoms with Gasteiger partial charge in [0.1, 0.15) is 11.1 Å². The lowest BCUT2D eigenvalue weighted by atomic mass is 10.2. The van der Waals surface area contributed by atoms with Gasteiger partial charge >= 0.3 is 0 Å². The lowest BCUT2D eigenvalue weighted by Crippen LogP contribution is -2.23. The molecule has 1 aliphatic rings. The minimum absolute atomic E-state index is 0.00244. The average Bonchev–Trinajstić information content (AvgIpc) is 3.25. The Morgan fingerprint density at radius 1 is 1.09 bits per heavy atom. The van der Waals surface area contributed by atoms with E-state index in [2.05, 4.69) is 31.1 Å². The molecule has 0 fully saturated rings. The summed E-state index contributed by atoms with van der Waals surface area (Å²) in [6.45, 7) is 5.25. The number of nitrogens with zero attached hydrogens (tertiary/aromatic N) is 4. The van der Waals surface area contributed by atoms with Crippen LogP contribution in [0.15, 0.2) is 46.3 Å². The van der Waals surface area contributed by atoms with Crippen LogP contribution in [0.3, 0.4) is 0 Å². The van der Waals surface area contributed by atoms with Crippen molar-refractivity contribution in [1.82, 2.24) is 15.0 Å². The molecule has 0 aliphatic heterocycles. The number of carbonyl (C=O) groups excluding carboxylic acids is 1. The number of pyridine rings is 1. The fourth-order valence-electron chi connectivity index (χ4n) is 3.76. The van der Waals surface area contributed by atoms with Gasteiger partial charge in [-0.1, -0.05) is 11.8 Å². The highest BCUT2D eigenvalue weighted by molar-refractivity contribution is 8.00. The molecule has 1 aliphatic carbocycles. The molecule has 1 aromatic carbocycles. The molecule has 0 bridgehead atoms. The summed E-state index contributed by atoms with van der Waals surface area (Å²) in [5.41, 5.74) is 4.33. The molecule has 1 unspecified atom stereocenters. The lowest BCUT2D eigenvalue weighted by Gasteiger charge is -2.14. The van der Waals surface area contributed by atoms with Crippen LogP contribution in [0.2, 0.25) is 0 Å². The van der Waals surface area contributed by atoms with Crippen molar-refractivity contribution in [2.75, 3.05) is 10.0 Å². The van der Waals surface area contributed by atoms with Crippen LogP contribution in [-0.2, 0) is 27.7 Å². The molecule has 1 amide bonds. The molecule has 0 saturated carbocycles. The summed E-state index contributed by atoms with van der Waals surface area (Å²) in [7, 11) is -3.89. The van der Waals surface area contributed by atoms with Gasteiger partial charge in [-0.2, -0.15) is 5.26 Å². The number of carbonyl (C=O) groups is 1. The summed E-state index contributed by atoms with van der Waals surface area (Å²) in [6, 6.07) is 11.6. The number of nitrogens with one attached hydrogen (secondary N) is 2. The van der Waals surface area contributed by atoms with E-state index in [0.29, 0.717) is 27.7 Å². The fraction of sp³-hybridized carbons (Fsp3) is 0.292. The lowest BCUT2D eigenvalue weighted by molar-refractivity contribution is -0.115. The van der Waals surface area contributed by atoms with E-state index in [0.717, 1.165) is 30.5 Å². The zero-order valence-corrected chi connectivity index (χ0v) is 21.1. The number of benzene rings is 1. The molecule has 9 nitrogen and oxygen atoms in total. The van der Waals surface area contributed by atoms with Gasteiger partial charge in [-0.3, -0.25) is 4.79 Å². The Balaban J connectivity index is 1.42. The van der Waals surface area contributed by atoms with E-state index in [4.69, 9.17) is 0 Å². The minimum Gasteiger partial charge on any atom is -0.325 e. The number of amides is 1. The van der Waals surface area contributed by atoms with Crippen molar-refractivity contribution in [2.24, 2.45) is 0 Å². The van der Waals surface area contributed by atoms with Crippen molar-refractivity contribution in [1.29, 1.82) is 5.26 Å². The molecule has 180 valence electrons. The fourth-order valence-corrected chi connectivity index (χ4v) is 5.60. The minimum atomic E-state index is -3.89. The van der Waals surface area contributed by atoms with Gasteiger partial charge in [-0.25, -0.2) is 28.1 Å². The SMILES string of the molecule is Cc1cc(C)nc(NS(=O)(=O)c2ccc(NC(=O)C(C)Sc3nc4c(cc3C#N)CCC4)cc2)n1. The van der Waals surface area contributed by atoms with E-state index in [1.54, 1.807) is 26.8 Å². The molecular formula is C24H24N6O3S2. The smallest absolute Gasteiger partial charge is 0.264 e. The number of aryl methyl sites for hydroxylation is 4. The standard InChI is InChI=1S/C24H24N6O3S2/c1-14-11-15(2)27-24(26-14)30-35(32,33)20-9-7-19(8-10-20)28-22(31)16(3)34-23-18(13-25)12-17-5-4-6-21(17)29-23/h7-12,16H,4-6H2,1-3H3,(H,28,31)(H,26,27,30). The van der Waals surface area contributed by atoms with Crippen LogP contribution >= 0.6 is 11.8 Å². The molecule has 2 N–H and O–H groups in total. The Labute approximate surface area is 208 Å². The van der Waals surface area contributed by atoms with Crippen LogP contribution in [0.25, 0.3) is 0 Å². The molecular weight excluding hydrogens is 484 g/mol. The van der Waals surface area contributed by atoms with Gasteiger partial charge in [0.05, 0.1) is 15.7 Å². The molecule has 2 heterocycles. The third-order valence-electron chi connectivity index (χ3n) is 5.43. The van der Waals surface area contributed by atoms with Crippen LogP contribution in [0.5, 0.6) is 0 Å².